The zero-order valence-electron chi connectivity index (χ0n) is 12.5. The second-order valence-corrected chi connectivity index (χ2v) is 6.32. The largest absolute Gasteiger partial charge is 0.354 e. The highest BCUT2D eigenvalue weighted by atomic mass is 19.1. The molecule has 2 rings (SSSR count). The Kier molecular flexibility index (Phi) is 4.93. The van der Waals surface area contributed by atoms with Gasteiger partial charge in [0.1, 0.15) is 11.6 Å². The number of rotatable bonds is 4. The number of hydrogen-bond donors (Lipinski definition) is 2. The zero-order valence-corrected chi connectivity index (χ0v) is 12.5. The molecule has 5 heteroatoms. The number of nitrogens with one attached hydrogen (secondary N) is 2. The lowest BCUT2D eigenvalue weighted by Crippen LogP contribution is -2.53. The molecule has 0 radical (unpaired) electrons. The first kappa shape index (κ1) is 15.9. The second kappa shape index (κ2) is 6.52. The Morgan fingerprint density at radius 1 is 1.43 bits per heavy atom. The summed E-state index contributed by atoms with van der Waals surface area (Å²) in [6, 6.07) is 3.49. The van der Waals surface area contributed by atoms with Crippen molar-refractivity contribution in [3.8, 4) is 0 Å². The summed E-state index contributed by atoms with van der Waals surface area (Å²) in [6.07, 6.45) is 2.19. The van der Waals surface area contributed by atoms with Gasteiger partial charge in [0.25, 0.3) is 0 Å². The molecule has 1 aromatic carbocycles. The fourth-order valence-electron chi connectivity index (χ4n) is 2.74. The van der Waals surface area contributed by atoms with E-state index in [0.29, 0.717) is 6.54 Å². The van der Waals surface area contributed by atoms with Crippen LogP contribution in [0.5, 0.6) is 0 Å². The van der Waals surface area contributed by atoms with Crippen LogP contribution in [0.2, 0.25) is 0 Å². The first-order valence-electron chi connectivity index (χ1n) is 7.32. The van der Waals surface area contributed by atoms with E-state index >= 15 is 0 Å². The third kappa shape index (κ3) is 4.24. The van der Waals surface area contributed by atoms with Gasteiger partial charge in [-0.05, 0) is 36.4 Å². The van der Waals surface area contributed by atoms with Gasteiger partial charge in [-0.25, -0.2) is 8.78 Å². The van der Waals surface area contributed by atoms with Crippen LogP contribution >= 0.6 is 0 Å². The van der Waals surface area contributed by atoms with E-state index in [4.69, 9.17) is 0 Å². The Labute approximate surface area is 124 Å². The van der Waals surface area contributed by atoms with E-state index in [2.05, 4.69) is 24.5 Å². The predicted molar refractivity (Wildman–Crippen MR) is 77.9 cm³/mol. The van der Waals surface area contributed by atoms with Gasteiger partial charge in [0, 0.05) is 18.7 Å². The standard InChI is InChI=1S/C16H22F2N2O/c1-16(2)6-3-7-19-14(16)10-20-15(21)8-11-4-5-12(17)9-13(11)18/h4-5,9,14,19H,3,6-8,10H2,1-2H3,(H,20,21). The van der Waals surface area contributed by atoms with Gasteiger partial charge >= 0.3 is 0 Å². The van der Waals surface area contributed by atoms with Crippen molar-refractivity contribution in [3.05, 3.63) is 35.4 Å². The van der Waals surface area contributed by atoms with Gasteiger partial charge in [0.2, 0.25) is 5.91 Å². The van der Waals surface area contributed by atoms with E-state index in [1.54, 1.807) is 0 Å². The van der Waals surface area contributed by atoms with Gasteiger partial charge in [0.05, 0.1) is 6.42 Å². The fourth-order valence-corrected chi connectivity index (χ4v) is 2.74. The average Bonchev–Trinajstić information content (AvgIpc) is 2.40. The Morgan fingerprint density at radius 3 is 2.86 bits per heavy atom. The van der Waals surface area contributed by atoms with Crippen molar-refractivity contribution in [1.29, 1.82) is 0 Å². The van der Waals surface area contributed by atoms with E-state index in [0.717, 1.165) is 31.5 Å². The summed E-state index contributed by atoms with van der Waals surface area (Å²) < 4.78 is 26.3. The summed E-state index contributed by atoms with van der Waals surface area (Å²) in [5.74, 6) is -1.56. The van der Waals surface area contributed by atoms with Crippen LogP contribution in [0.15, 0.2) is 18.2 Å². The molecule has 116 valence electrons. The Balaban J connectivity index is 1.87. The van der Waals surface area contributed by atoms with Crippen LogP contribution in [0.3, 0.4) is 0 Å². The molecule has 1 aliphatic heterocycles. The molecule has 1 atom stereocenters. The maximum absolute atomic E-state index is 13.5. The van der Waals surface area contributed by atoms with Crippen LogP contribution in [-0.2, 0) is 11.2 Å². The van der Waals surface area contributed by atoms with Crippen LogP contribution in [0.25, 0.3) is 0 Å². The van der Waals surface area contributed by atoms with Crippen molar-refractivity contribution in [2.75, 3.05) is 13.1 Å². The molecule has 1 aliphatic rings. The van der Waals surface area contributed by atoms with Crippen molar-refractivity contribution in [2.45, 2.75) is 39.2 Å². The number of carbonyl (C=O) groups is 1. The highest BCUT2D eigenvalue weighted by molar-refractivity contribution is 5.78. The van der Waals surface area contributed by atoms with Crippen molar-refractivity contribution < 1.29 is 13.6 Å². The van der Waals surface area contributed by atoms with E-state index in [-0.39, 0.29) is 29.3 Å². The van der Waals surface area contributed by atoms with Crippen LogP contribution < -0.4 is 10.6 Å². The molecule has 2 N–H and O–H groups in total. The number of amides is 1. The lowest BCUT2D eigenvalue weighted by Gasteiger charge is -2.39. The number of piperidine rings is 1. The summed E-state index contributed by atoms with van der Waals surface area (Å²) in [6.45, 7) is 5.83. The first-order chi connectivity index (χ1) is 9.88. The van der Waals surface area contributed by atoms with Crippen molar-refractivity contribution in [2.24, 2.45) is 5.41 Å². The first-order valence-corrected chi connectivity index (χ1v) is 7.32. The van der Waals surface area contributed by atoms with E-state index in [1.807, 2.05) is 0 Å². The minimum Gasteiger partial charge on any atom is -0.354 e. The van der Waals surface area contributed by atoms with Crippen LogP contribution in [0.4, 0.5) is 8.78 Å². The Bertz CT molecular complexity index is 517. The normalized spacial score (nSPS) is 21.0. The minimum absolute atomic E-state index is 0.0702. The summed E-state index contributed by atoms with van der Waals surface area (Å²) in [5.41, 5.74) is 0.344. The van der Waals surface area contributed by atoms with Crippen LogP contribution in [-0.4, -0.2) is 25.0 Å². The highest BCUT2D eigenvalue weighted by Gasteiger charge is 2.31. The van der Waals surface area contributed by atoms with E-state index < -0.39 is 11.6 Å². The van der Waals surface area contributed by atoms with Gasteiger partial charge in [-0.1, -0.05) is 19.9 Å². The lowest BCUT2D eigenvalue weighted by molar-refractivity contribution is -0.120. The van der Waals surface area contributed by atoms with Gasteiger partial charge in [0.15, 0.2) is 0 Å². The van der Waals surface area contributed by atoms with Crippen molar-refractivity contribution in [3.63, 3.8) is 0 Å². The zero-order chi connectivity index (χ0) is 15.5. The molecule has 1 fully saturated rings. The molecule has 0 bridgehead atoms. The van der Waals surface area contributed by atoms with E-state index in [1.165, 1.54) is 6.07 Å². The molecular formula is C16H22F2N2O. The Hall–Kier alpha value is -1.49. The third-order valence-corrected chi connectivity index (χ3v) is 4.20. The molecule has 0 spiro atoms. The van der Waals surface area contributed by atoms with Crippen molar-refractivity contribution >= 4 is 5.91 Å². The fraction of sp³-hybridized carbons (Fsp3) is 0.562. The molecule has 3 nitrogen and oxygen atoms in total. The predicted octanol–water partition coefficient (Wildman–Crippen LogP) is 2.40. The molecule has 1 unspecified atom stereocenters. The smallest absolute Gasteiger partial charge is 0.224 e. The highest BCUT2D eigenvalue weighted by Crippen LogP contribution is 2.29. The van der Waals surface area contributed by atoms with Gasteiger partial charge in [-0.2, -0.15) is 0 Å². The molecule has 0 saturated carbocycles. The monoisotopic (exact) mass is 296 g/mol. The number of halogens is 2. The quantitative estimate of drug-likeness (QED) is 0.896. The second-order valence-electron chi connectivity index (χ2n) is 6.32. The van der Waals surface area contributed by atoms with Crippen molar-refractivity contribution in [1.82, 2.24) is 10.6 Å². The SMILES string of the molecule is CC1(C)CCCNC1CNC(=O)Cc1ccc(F)cc1F. The summed E-state index contributed by atoms with van der Waals surface area (Å²) in [5, 5.41) is 6.25. The molecule has 0 aromatic heterocycles. The molecule has 21 heavy (non-hydrogen) atoms. The molecule has 1 saturated heterocycles. The van der Waals surface area contributed by atoms with Crippen LogP contribution in [0, 0.1) is 17.0 Å². The maximum atomic E-state index is 13.5. The summed E-state index contributed by atoms with van der Waals surface area (Å²) in [7, 11) is 0. The van der Waals surface area contributed by atoms with E-state index in [9.17, 15) is 13.6 Å². The minimum atomic E-state index is -0.679. The van der Waals surface area contributed by atoms with Gasteiger partial charge in [-0.3, -0.25) is 4.79 Å². The number of benzene rings is 1. The van der Waals surface area contributed by atoms with Crippen LogP contribution in [0.1, 0.15) is 32.3 Å². The molecule has 1 aromatic rings. The average molecular weight is 296 g/mol. The molecule has 1 amide bonds. The lowest BCUT2D eigenvalue weighted by atomic mass is 9.77. The number of hydrogen-bond acceptors (Lipinski definition) is 2. The van der Waals surface area contributed by atoms with Gasteiger partial charge in [-0.15, -0.1) is 0 Å². The summed E-state index contributed by atoms with van der Waals surface area (Å²) in [4.78, 5) is 11.9. The molecule has 1 heterocycles. The Morgan fingerprint density at radius 2 is 2.19 bits per heavy atom. The molecular weight excluding hydrogens is 274 g/mol. The third-order valence-electron chi connectivity index (χ3n) is 4.20. The molecule has 0 aliphatic carbocycles. The maximum Gasteiger partial charge on any atom is 0.224 e. The summed E-state index contributed by atoms with van der Waals surface area (Å²) >= 11 is 0. The number of carbonyl (C=O) groups excluding carboxylic acids is 1. The topological polar surface area (TPSA) is 41.1 Å². The van der Waals surface area contributed by atoms with Gasteiger partial charge < -0.3 is 10.6 Å².